The van der Waals surface area contributed by atoms with E-state index in [9.17, 15) is 0 Å². The zero-order valence-electron chi connectivity index (χ0n) is 10.6. The van der Waals surface area contributed by atoms with E-state index in [1.807, 2.05) is 12.3 Å². The molecule has 1 aliphatic carbocycles. The predicted octanol–water partition coefficient (Wildman–Crippen LogP) is 2.76. The fourth-order valence-corrected chi connectivity index (χ4v) is 2.45. The third kappa shape index (κ3) is 4.00. The molecule has 3 nitrogen and oxygen atoms in total. The second-order valence-corrected chi connectivity index (χ2v) is 4.84. The minimum Gasteiger partial charge on any atom is -0.481 e. The highest BCUT2D eigenvalue weighted by Gasteiger charge is 2.12. The van der Waals surface area contributed by atoms with Crippen molar-refractivity contribution in [2.24, 2.45) is 5.92 Å². The van der Waals surface area contributed by atoms with Gasteiger partial charge in [-0.25, -0.2) is 4.98 Å². The first kappa shape index (κ1) is 12.4. The molecule has 0 radical (unpaired) electrons. The Morgan fingerprint density at radius 2 is 2.12 bits per heavy atom. The molecule has 0 amide bonds. The summed E-state index contributed by atoms with van der Waals surface area (Å²) in [6.45, 7) is 2.06. The van der Waals surface area contributed by atoms with Crippen LogP contribution < -0.4 is 10.1 Å². The molecule has 1 heterocycles. The summed E-state index contributed by atoms with van der Waals surface area (Å²) in [7, 11) is 1.64. The fraction of sp³-hybridized carbons (Fsp3) is 0.643. The van der Waals surface area contributed by atoms with Crippen LogP contribution in [0.4, 0.5) is 0 Å². The second-order valence-electron chi connectivity index (χ2n) is 4.84. The van der Waals surface area contributed by atoms with Gasteiger partial charge in [-0.1, -0.05) is 25.3 Å². The summed E-state index contributed by atoms with van der Waals surface area (Å²) in [4.78, 5) is 4.20. The summed E-state index contributed by atoms with van der Waals surface area (Å²) in [5.74, 6) is 1.57. The van der Waals surface area contributed by atoms with Gasteiger partial charge in [-0.3, -0.25) is 0 Å². The van der Waals surface area contributed by atoms with Gasteiger partial charge in [-0.15, -0.1) is 0 Å². The monoisotopic (exact) mass is 234 g/mol. The number of methoxy groups -OCH3 is 1. The van der Waals surface area contributed by atoms with Crippen LogP contribution in [-0.4, -0.2) is 18.6 Å². The Labute approximate surface area is 104 Å². The smallest absolute Gasteiger partial charge is 0.212 e. The lowest BCUT2D eigenvalue weighted by atomic mass is 9.89. The standard InChI is InChI=1S/C14H22N2O/c1-17-14-8-7-13(11-16-14)10-15-9-12-5-3-2-4-6-12/h7-8,11-12,15H,2-6,9-10H2,1H3. The number of hydrogen-bond acceptors (Lipinski definition) is 3. The Hall–Kier alpha value is -1.09. The molecule has 17 heavy (non-hydrogen) atoms. The van der Waals surface area contributed by atoms with Gasteiger partial charge in [0.25, 0.3) is 0 Å². The Morgan fingerprint density at radius 1 is 1.29 bits per heavy atom. The highest BCUT2D eigenvalue weighted by atomic mass is 16.5. The van der Waals surface area contributed by atoms with Gasteiger partial charge < -0.3 is 10.1 Å². The molecule has 3 heteroatoms. The van der Waals surface area contributed by atoms with Crippen LogP contribution in [0, 0.1) is 5.92 Å². The molecule has 0 atom stereocenters. The normalized spacial score (nSPS) is 17.0. The Kier molecular flexibility index (Phi) is 4.80. The lowest BCUT2D eigenvalue weighted by Crippen LogP contribution is -2.24. The van der Waals surface area contributed by atoms with Gasteiger partial charge in [0, 0.05) is 18.8 Å². The largest absolute Gasteiger partial charge is 0.481 e. The summed E-state index contributed by atoms with van der Waals surface area (Å²) >= 11 is 0. The van der Waals surface area contributed by atoms with Gasteiger partial charge in [0.05, 0.1) is 7.11 Å². The molecule has 0 unspecified atom stereocenters. The van der Waals surface area contributed by atoms with Crippen molar-refractivity contribution in [3.63, 3.8) is 0 Å². The van der Waals surface area contributed by atoms with Crippen LogP contribution in [0.2, 0.25) is 0 Å². The maximum absolute atomic E-state index is 5.04. The van der Waals surface area contributed by atoms with Gasteiger partial charge in [-0.05, 0) is 30.9 Å². The molecule has 1 aromatic rings. The molecule has 94 valence electrons. The lowest BCUT2D eigenvalue weighted by Gasteiger charge is -2.21. The SMILES string of the molecule is COc1ccc(CNCC2CCCCC2)cn1. The zero-order chi connectivity index (χ0) is 11.9. The molecule has 0 aromatic carbocycles. The van der Waals surface area contributed by atoms with Crippen molar-refractivity contribution < 1.29 is 4.74 Å². The number of nitrogens with one attached hydrogen (secondary N) is 1. The first-order valence-electron chi connectivity index (χ1n) is 6.58. The van der Waals surface area contributed by atoms with E-state index in [0.717, 1.165) is 19.0 Å². The van der Waals surface area contributed by atoms with Gasteiger partial charge in [-0.2, -0.15) is 0 Å². The van der Waals surface area contributed by atoms with Gasteiger partial charge in [0.15, 0.2) is 0 Å². The first-order chi connectivity index (χ1) is 8.38. The van der Waals surface area contributed by atoms with Crippen molar-refractivity contribution in [2.45, 2.75) is 38.6 Å². The van der Waals surface area contributed by atoms with E-state index >= 15 is 0 Å². The average molecular weight is 234 g/mol. The molecular formula is C14H22N2O. The van der Waals surface area contributed by atoms with Crippen molar-refractivity contribution in [1.82, 2.24) is 10.3 Å². The zero-order valence-corrected chi connectivity index (χ0v) is 10.6. The summed E-state index contributed by atoms with van der Waals surface area (Å²) < 4.78 is 5.04. The van der Waals surface area contributed by atoms with E-state index in [0.29, 0.717) is 5.88 Å². The van der Waals surface area contributed by atoms with E-state index in [1.165, 1.54) is 37.7 Å². The molecule has 0 saturated heterocycles. The van der Waals surface area contributed by atoms with Crippen LogP contribution in [0.3, 0.4) is 0 Å². The molecule has 0 bridgehead atoms. The Balaban J connectivity index is 1.69. The van der Waals surface area contributed by atoms with Crippen LogP contribution >= 0.6 is 0 Å². The van der Waals surface area contributed by atoms with Gasteiger partial charge in [0.2, 0.25) is 5.88 Å². The van der Waals surface area contributed by atoms with Crippen LogP contribution in [0.25, 0.3) is 0 Å². The van der Waals surface area contributed by atoms with Crippen LogP contribution in [0.1, 0.15) is 37.7 Å². The maximum atomic E-state index is 5.04. The predicted molar refractivity (Wildman–Crippen MR) is 69.1 cm³/mol. The minimum absolute atomic E-state index is 0.682. The molecule has 1 aromatic heterocycles. The van der Waals surface area contributed by atoms with E-state index < -0.39 is 0 Å². The quantitative estimate of drug-likeness (QED) is 0.850. The van der Waals surface area contributed by atoms with Crippen molar-refractivity contribution in [3.8, 4) is 5.88 Å². The van der Waals surface area contributed by atoms with Crippen molar-refractivity contribution in [2.75, 3.05) is 13.7 Å². The maximum Gasteiger partial charge on any atom is 0.212 e. The molecule has 1 N–H and O–H groups in total. The first-order valence-corrected chi connectivity index (χ1v) is 6.58. The molecule has 1 saturated carbocycles. The highest BCUT2D eigenvalue weighted by Crippen LogP contribution is 2.22. The van der Waals surface area contributed by atoms with E-state index in [-0.39, 0.29) is 0 Å². The van der Waals surface area contributed by atoms with Gasteiger partial charge in [0.1, 0.15) is 0 Å². The van der Waals surface area contributed by atoms with E-state index in [4.69, 9.17) is 4.74 Å². The number of aromatic nitrogens is 1. The third-order valence-electron chi connectivity index (χ3n) is 3.49. The average Bonchev–Trinajstić information content (AvgIpc) is 2.41. The number of rotatable bonds is 5. The Morgan fingerprint density at radius 3 is 2.76 bits per heavy atom. The van der Waals surface area contributed by atoms with Crippen molar-refractivity contribution >= 4 is 0 Å². The van der Waals surface area contributed by atoms with Crippen LogP contribution in [0.15, 0.2) is 18.3 Å². The van der Waals surface area contributed by atoms with Crippen molar-refractivity contribution in [3.05, 3.63) is 23.9 Å². The minimum atomic E-state index is 0.682. The molecule has 1 fully saturated rings. The molecule has 0 spiro atoms. The highest BCUT2D eigenvalue weighted by molar-refractivity contribution is 5.17. The number of nitrogens with zero attached hydrogens (tertiary/aromatic N) is 1. The second kappa shape index (κ2) is 6.60. The molecule has 0 aliphatic heterocycles. The summed E-state index contributed by atoms with van der Waals surface area (Å²) in [5, 5.41) is 3.53. The topological polar surface area (TPSA) is 34.1 Å². The van der Waals surface area contributed by atoms with E-state index in [2.05, 4.69) is 16.4 Å². The van der Waals surface area contributed by atoms with Crippen LogP contribution in [0.5, 0.6) is 5.88 Å². The van der Waals surface area contributed by atoms with Gasteiger partial charge >= 0.3 is 0 Å². The summed E-state index contributed by atoms with van der Waals surface area (Å²) in [5.41, 5.74) is 1.22. The number of hydrogen-bond donors (Lipinski definition) is 1. The fourth-order valence-electron chi connectivity index (χ4n) is 2.45. The number of ether oxygens (including phenoxy) is 1. The summed E-state index contributed by atoms with van der Waals surface area (Å²) in [6.07, 6.45) is 8.93. The molecular weight excluding hydrogens is 212 g/mol. The van der Waals surface area contributed by atoms with Crippen molar-refractivity contribution in [1.29, 1.82) is 0 Å². The van der Waals surface area contributed by atoms with Crippen LogP contribution in [-0.2, 0) is 6.54 Å². The molecule has 1 aliphatic rings. The lowest BCUT2D eigenvalue weighted by molar-refractivity contribution is 0.342. The number of pyridine rings is 1. The summed E-state index contributed by atoms with van der Waals surface area (Å²) in [6, 6.07) is 3.98. The Bertz CT molecular complexity index is 317. The molecule has 2 rings (SSSR count). The van der Waals surface area contributed by atoms with E-state index in [1.54, 1.807) is 7.11 Å². The third-order valence-corrected chi connectivity index (χ3v) is 3.49.